The molecular weight excluding hydrogens is 264 g/mol. The quantitative estimate of drug-likeness (QED) is 0.903. The number of nitrogens with zero attached hydrogens (tertiary/aromatic N) is 1. The molecule has 0 bridgehead atoms. The van der Waals surface area contributed by atoms with Crippen LogP contribution in [0.15, 0.2) is 22.7 Å². The molecule has 0 atom stereocenters. The fraction of sp³-hybridized carbons (Fsp3) is 0.462. The Hall–Kier alpha value is -0.850. The molecule has 16 heavy (non-hydrogen) atoms. The Morgan fingerprint density at radius 2 is 1.94 bits per heavy atom. The van der Waals surface area contributed by atoms with Crippen molar-refractivity contribution in [2.24, 2.45) is 5.73 Å². The minimum Gasteiger partial charge on any atom is -0.324 e. The van der Waals surface area contributed by atoms with Gasteiger partial charge < -0.3 is 5.73 Å². The second-order valence-corrected chi connectivity index (χ2v) is 5.90. The molecule has 2 saturated carbocycles. The van der Waals surface area contributed by atoms with Gasteiger partial charge in [0.05, 0.1) is 11.6 Å². The summed E-state index contributed by atoms with van der Waals surface area (Å²) in [5.41, 5.74) is 8.50. The third-order valence-electron chi connectivity index (χ3n) is 4.10. The summed E-state index contributed by atoms with van der Waals surface area (Å²) < 4.78 is 1.10. The molecule has 0 heterocycles. The van der Waals surface area contributed by atoms with E-state index in [1.54, 1.807) is 0 Å². The molecule has 2 fully saturated rings. The molecule has 1 aromatic carbocycles. The summed E-state index contributed by atoms with van der Waals surface area (Å²) in [5, 5.41) is 8.96. The van der Waals surface area contributed by atoms with Gasteiger partial charge in [-0.05, 0) is 49.4 Å². The van der Waals surface area contributed by atoms with Crippen molar-refractivity contribution >= 4 is 15.9 Å². The highest BCUT2D eigenvalue weighted by Gasteiger charge is 2.64. The predicted octanol–water partition coefficient (Wildman–Crippen LogP) is 2.84. The van der Waals surface area contributed by atoms with E-state index in [1.807, 2.05) is 18.2 Å². The van der Waals surface area contributed by atoms with Gasteiger partial charge in [-0.2, -0.15) is 5.26 Å². The van der Waals surface area contributed by atoms with Crippen LogP contribution in [0.25, 0.3) is 0 Å². The molecule has 1 aromatic rings. The van der Waals surface area contributed by atoms with Crippen LogP contribution in [0.1, 0.15) is 36.8 Å². The van der Waals surface area contributed by atoms with Gasteiger partial charge >= 0.3 is 0 Å². The summed E-state index contributed by atoms with van der Waals surface area (Å²) >= 11 is 3.59. The van der Waals surface area contributed by atoms with E-state index in [9.17, 15) is 0 Å². The largest absolute Gasteiger partial charge is 0.324 e. The predicted molar refractivity (Wildman–Crippen MR) is 65.9 cm³/mol. The van der Waals surface area contributed by atoms with Crippen LogP contribution in [-0.4, -0.2) is 5.54 Å². The molecule has 0 amide bonds. The molecule has 2 N–H and O–H groups in total. The topological polar surface area (TPSA) is 49.8 Å². The first kappa shape index (κ1) is 10.3. The number of benzene rings is 1. The molecule has 2 aliphatic carbocycles. The van der Waals surface area contributed by atoms with Crippen LogP contribution in [0.3, 0.4) is 0 Å². The first-order chi connectivity index (χ1) is 7.61. The Kier molecular flexibility index (Phi) is 1.99. The van der Waals surface area contributed by atoms with E-state index in [0.29, 0.717) is 0 Å². The monoisotopic (exact) mass is 276 g/mol. The van der Waals surface area contributed by atoms with E-state index < -0.39 is 0 Å². The fourth-order valence-corrected chi connectivity index (χ4v) is 3.36. The minimum absolute atomic E-state index is 0.00357. The third kappa shape index (κ3) is 1.27. The number of rotatable bonds is 2. The molecule has 0 aliphatic heterocycles. The maximum absolute atomic E-state index is 8.96. The maximum atomic E-state index is 8.96. The molecule has 0 saturated heterocycles. The van der Waals surface area contributed by atoms with Crippen molar-refractivity contribution in [3.63, 3.8) is 0 Å². The summed E-state index contributed by atoms with van der Waals surface area (Å²) in [7, 11) is 0. The van der Waals surface area contributed by atoms with Gasteiger partial charge in [0.1, 0.15) is 0 Å². The van der Waals surface area contributed by atoms with Crippen LogP contribution in [-0.2, 0) is 5.41 Å². The molecule has 0 aromatic heterocycles. The zero-order valence-corrected chi connectivity index (χ0v) is 10.5. The first-order valence-electron chi connectivity index (χ1n) is 5.60. The van der Waals surface area contributed by atoms with Crippen molar-refractivity contribution in [1.82, 2.24) is 0 Å². The highest BCUT2D eigenvalue weighted by atomic mass is 79.9. The summed E-state index contributed by atoms with van der Waals surface area (Å²) in [5.74, 6) is 0. The second kappa shape index (κ2) is 3.09. The van der Waals surface area contributed by atoms with Crippen LogP contribution >= 0.6 is 15.9 Å². The van der Waals surface area contributed by atoms with Crippen LogP contribution in [0.5, 0.6) is 0 Å². The molecule has 3 rings (SSSR count). The van der Waals surface area contributed by atoms with E-state index in [0.717, 1.165) is 35.7 Å². The standard InChI is InChI=1S/C13H13BrN2/c14-11-2-1-9(8-15)7-10(11)12(3-4-12)13(16)5-6-13/h1-2,7H,3-6,16H2. The van der Waals surface area contributed by atoms with Crippen LogP contribution in [0.4, 0.5) is 0 Å². The average Bonchev–Trinajstić information content (AvgIpc) is 3.15. The van der Waals surface area contributed by atoms with Gasteiger partial charge in [-0.15, -0.1) is 0 Å². The van der Waals surface area contributed by atoms with E-state index in [1.165, 1.54) is 5.56 Å². The molecule has 2 aliphatic rings. The summed E-state index contributed by atoms with van der Waals surface area (Å²) in [6, 6.07) is 8.03. The second-order valence-electron chi connectivity index (χ2n) is 5.04. The molecule has 2 nitrogen and oxygen atoms in total. The van der Waals surface area contributed by atoms with Gasteiger partial charge in [0.2, 0.25) is 0 Å². The van der Waals surface area contributed by atoms with E-state index >= 15 is 0 Å². The van der Waals surface area contributed by atoms with Gasteiger partial charge in [0, 0.05) is 15.4 Å². The normalized spacial score (nSPS) is 23.6. The van der Waals surface area contributed by atoms with Crippen molar-refractivity contribution in [3.8, 4) is 6.07 Å². The lowest BCUT2D eigenvalue weighted by molar-refractivity contribution is 0.501. The molecular formula is C13H13BrN2. The Bertz CT molecular complexity index is 493. The van der Waals surface area contributed by atoms with Crippen LogP contribution < -0.4 is 5.73 Å². The van der Waals surface area contributed by atoms with Gasteiger partial charge in [-0.1, -0.05) is 15.9 Å². The van der Waals surface area contributed by atoms with Crippen molar-refractivity contribution < 1.29 is 0 Å². The van der Waals surface area contributed by atoms with Crippen molar-refractivity contribution in [2.45, 2.75) is 36.6 Å². The highest BCUT2D eigenvalue weighted by molar-refractivity contribution is 9.10. The van der Waals surface area contributed by atoms with Gasteiger partial charge in [-0.3, -0.25) is 0 Å². The zero-order valence-electron chi connectivity index (χ0n) is 8.96. The molecule has 3 heteroatoms. The molecule has 0 unspecified atom stereocenters. The van der Waals surface area contributed by atoms with Gasteiger partial charge in [0.15, 0.2) is 0 Å². The van der Waals surface area contributed by atoms with E-state index in [-0.39, 0.29) is 11.0 Å². The third-order valence-corrected chi connectivity index (χ3v) is 4.79. The summed E-state index contributed by atoms with van der Waals surface area (Å²) in [6.07, 6.45) is 4.57. The maximum Gasteiger partial charge on any atom is 0.0991 e. The fourth-order valence-electron chi connectivity index (χ4n) is 2.74. The zero-order chi connectivity index (χ0) is 11.4. The average molecular weight is 277 g/mol. The van der Waals surface area contributed by atoms with Crippen LogP contribution in [0.2, 0.25) is 0 Å². The summed E-state index contributed by atoms with van der Waals surface area (Å²) in [6.45, 7) is 0. The lowest BCUT2D eigenvalue weighted by atomic mass is 9.85. The Balaban J connectivity index is 2.10. The smallest absolute Gasteiger partial charge is 0.0991 e. The lowest BCUT2D eigenvalue weighted by Crippen LogP contribution is -2.37. The van der Waals surface area contributed by atoms with Gasteiger partial charge in [0.25, 0.3) is 0 Å². The Morgan fingerprint density at radius 1 is 1.25 bits per heavy atom. The van der Waals surface area contributed by atoms with Gasteiger partial charge in [-0.25, -0.2) is 0 Å². The van der Waals surface area contributed by atoms with E-state index in [4.69, 9.17) is 11.0 Å². The number of hydrogen-bond donors (Lipinski definition) is 1. The van der Waals surface area contributed by atoms with Crippen LogP contribution in [0, 0.1) is 11.3 Å². The van der Waals surface area contributed by atoms with E-state index in [2.05, 4.69) is 22.0 Å². The molecule has 82 valence electrons. The molecule has 0 spiro atoms. The van der Waals surface area contributed by atoms with Crippen molar-refractivity contribution in [2.75, 3.05) is 0 Å². The number of halogens is 1. The Morgan fingerprint density at radius 3 is 2.44 bits per heavy atom. The number of hydrogen-bond acceptors (Lipinski definition) is 2. The SMILES string of the molecule is N#Cc1ccc(Br)c(C2(C3(N)CC3)CC2)c1. The van der Waals surface area contributed by atoms with Crippen molar-refractivity contribution in [3.05, 3.63) is 33.8 Å². The summed E-state index contributed by atoms with van der Waals surface area (Å²) in [4.78, 5) is 0. The minimum atomic E-state index is 0.00357. The lowest BCUT2D eigenvalue weighted by Gasteiger charge is -2.24. The van der Waals surface area contributed by atoms with Crippen molar-refractivity contribution in [1.29, 1.82) is 5.26 Å². The molecule has 0 radical (unpaired) electrons. The highest BCUT2D eigenvalue weighted by Crippen LogP contribution is 2.64. The number of nitriles is 1. The first-order valence-corrected chi connectivity index (χ1v) is 6.40. The Labute approximate surface area is 104 Å². The number of nitrogens with two attached hydrogens (primary N) is 1.